The summed E-state index contributed by atoms with van der Waals surface area (Å²) in [5.41, 5.74) is 0.994. The van der Waals surface area contributed by atoms with Crippen molar-refractivity contribution in [2.24, 2.45) is 0 Å². The molecule has 0 aromatic heterocycles. The maximum absolute atomic E-state index is 12.1. The van der Waals surface area contributed by atoms with Crippen molar-refractivity contribution in [2.75, 3.05) is 0 Å². The maximum atomic E-state index is 12.1. The molecule has 0 aliphatic rings. The zero-order valence-corrected chi connectivity index (χ0v) is 12.2. The third-order valence-corrected chi connectivity index (χ3v) is 4.43. The van der Waals surface area contributed by atoms with Gasteiger partial charge in [0.1, 0.15) is 6.29 Å². The van der Waals surface area contributed by atoms with E-state index < -0.39 is 16.1 Å². The van der Waals surface area contributed by atoms with E-state index in [0.29, 0.717) is 12.7 Å². The van der Waals surface area contributed by atoms with Crippen LogP contribution in [0.1, 0.15) is 38.2 Å². The highest BCUT2D eigenvalue weighted by atomic mass is 32.2. The van der Waals surface area contributed by atoms with Crippen molar-refractivity contribution in [3.63, 3.8) is 0 Å². The van der Waals surface area contributed by atoms with Crippen LogP contribution >= 0.6 is 0 Å². The van der Waals surface area contributed by atoms with Gasteiger partial charge in [0.2, 0.25) is 10.0 Å². The second-order valence-electron chi connectivity index (χ2n) is 4.67. The Labute approximate surface area is 115 Å². The summed E-state index contributed by atoms with van der Waals surface area (Å²) in [5, 5.41) is 0. The Morgan fingerprint density at radius 2 is 1.84 bits per heavy atom. The largest absolute Gasteiger partial charge is 0.302 e. The van der Waals surface area contributed by atoms with E-state index >= 15 is 0 Å². The molecule has 1 atom stereocenters. The first kappa shape index (κ1) is 15.9. The van der Waals surface area contributed by atoms with Gasteiger partial charge in [-0.2, -0.15) is 0 Å². The van der Waals surface area contributed by atoms with Crippen LogP contribution in [-0.2, 0) is 14.8 Å². The molecule has 1 aromatic carbocycles. The molecule has 0 fully saturated rings. The number of rotatable bonds is 8. The van der Waals surface area contributed by atoms with Crippen LogP contribution in [0.25, 0.3) is 0 Å². The Balaban J connectivity index is 2.71. The second kappa shape index (κ2) is 7.40. The van der Waals surface area contributed by atoms with Crippen LogP contribution in [0.2, 0.25) is 0 Å². The van der Waals surface area contributed by atoms with Crippen molar-refractivity contribution in [3.8, 4) is 0 Å². The van der Waals surface area contributed by atoms with Gasteiger partial charge in [-0.05, 0) is 25.5 Å². The first-order valence-electron chi connectivity index (χ1n) is 6.54. The standard InChI is InChI=1S/C14H21NO3S/c1-3-4-5-6-13(11-16)15-19(17,18)14-9-7-12(2)8-10-14/h7-11,13,15H,3-6H2,1-2H3/t13-/m0/s1. The fourth-order valence-electron chi connectivity index (χ4n) is 1.75. The van der Waals surface area contributed by atoms with Gasteiger partial charge >= 0.3 is 0 Å². The molecular formula is C14H21NO3S. The average Bonchev–Trinajstić information content (AvgIpc) is 2.38. The molecule has 0 aliphatic heterocycles. The summed E-state index contributed by atoms with van der Waals surface area (Å²) >= 11 is 0. The molecule has 0 saturated carbocycles. The van der Waals surface area contributed by atoms with Gasteiger partial charge in [0.05, 0.1) is 10.9 Å². The normalized spacial score (nSPS) is 13.2. The van der Waals surface area contributed by atoms with E-state index in [-0.39, 0.29) is 4.90 Å². The summed E-state index contributed by atoms with van der Waals surface area (Å²) in [6, 6.07) is 5.93. The highest BCUT2D eigenvalue weighted by Gasteiger charge is 2.19. The Morgan fingerprint density at radius 3 is 2.37 bits per heavy atom. The number of carbonyl (C=O) groups is 1. The highest BCUT2D eigenvalue weighted by Crippen LogP contribution is 2.11. The number of unbranched alkanes of at least 4 members (excludes halogenated alkanes) is 2. The zero-order chi connectivity index (χ0) is 14.3. The summed E-state index contributed by atoms with van der Waals surface area (Å²) in [7, 11) is -3.61. The van der Waals surface area contributed by atoms with Crippen LogP contribution in [0.4, 0.5) is 0 Å². The molecule has 0 amide bonds. The molecule has 1 aromatic rings. The minimum Gasteiger partial charge on any atom is -0.302 e. The number of aryl methyl sites for hydroxylation is 1. The van der Waals surface area contributed by atoms with E-state index in [2.05, 4.69) is 11.6 Å². The molecular weight excluding hydrogens is 262 g/mol. The van der Waals surface area contributed by atoms with Crippen LogP contribution in [0.3, 0.4) is 0 Å². The topological polar surface area (TPSA) is 63.2 Å². The van der Waals surface area contributed by atoms with Crippen LogP contribution in [0, 0.1) is 6.92 Å². The van der Waals surface area contributed by atoms with Crippen molar-refractivity contribution in [2.45, 2.75) is 50.5 Å². The summed E-state index contributed by atoms with van der Waals surface area (Å²) < 4.78 is 26.6. The van der Waals surface area contributed by atoms with E-state index in [1.807, 2.05) is 6.92 Å². The Bertz CT molecular complexity index is 494. The fraction of sp³-hybridized carbons (Fsp3) is 0.500. The quantitative estimate of drug-likeness (QED) is 0.588. The number of aldehydes is 1. The predicted octanol–water partition coefficient (Wildman–Crippen LogP) is 2.42. The van der Waals surface area contributed by atoms with Crippen LogP contribution in [-0.4, -0.2) is 20.7 Å². The van der Waals surface area contributed by atoms with Crippen molar-refractivity contribution in [1.29, 1.82) is 0 Å². The molecule has 0 radical (unpaired) electrons. The summed E-state index contributed by atoms with van der Waals surface area (Å²) in [6.45, 7) is 3.95. The smallest absolute Gasteiger partial charge is 0.241 e. The average molecular weight is 283 g/mol. The third kappa shape index (κ3) is 5.12. The fourth-order valence-corrected chi connectivity index (χ4v) is 2.96. The van der Waals surface area contributed by atoms with E-state index in [4.69, 9.17) is 0 Å². The van der Waals surface area contributed by atoms with Gasteiger partial charge in [-0.3, -0.25) is 0 Å². The molecule has 4 nitrogen and oxygen atoms in total. The molecule has 0 aliphatic carbocycles. The van der Waals surface area contributed by atoms with Gasteiger partial charge < -0.3 is 4.79 Å². The van der Waals surface area contributed by atoms with Crippen LogP contribution < -0.4 is 4.72 Å². The van der Waals surface area contributed by atoms with Gasteiger partial charge in [-0.25, -0.2) is 13.1 Å². The van der Waals surface area contributed by atoms with Gasteiger partial charge in [0.25, 0.3) is 0 Å². The van der Waals surface area contributed by atoms with Crippen molar-refractivity contribution in [3.05, 3.63) is 29.8 Å². The van der Waals surface area contributed by atoms with Crippen molar-refractivity contribution in [1.82, 2.24) is 4.72 Å². The minimum absolute atomic E-state index is 0.195. The molecule has 1 rings (SSSR count). The molecule has 5 heteroatoms. The van der Waals surface area contributed by atoms with Gasteiger partial charge in [0.15, 0.2) is 0 Å². The summed E-state index contributed by atoms with van der Waals surface area (Å²) in [6.07, 6.45) is 4.09. The molecule has 0 bridgehead atoms. The number of hydrogen-bond donors (Lipinski definition) is 1. The van der Waals surface area contributed by atoms with Gasteiger partial charge in [0, 0.05) is 0 Å². The van der Waals surface area contributed by atoms with Gasteiger partial charge in [-0.15, -0.1) is 0 Å². The van der Waals surface area contributed by atoms with Crippen molar-refractivity contribution >= 4 is 16.3 Å². The monoisotopic (exact) mass is 283 g/mol. The Morgan fingerprint density at radius 1 is 1.21 bits per heavy atom. The molecule has 0 saturated heterocycles. The number of carbonyl (C=O) groups excluding carboxylic acids is 1. The van der Waals surface area contributed by atoms with E-state index in [1.54, 1.807) is 24.3 Å². The predicted molar refractivity (Wildman–Crippen MR) is 75.5 cm³/mol. The molecule has 1 N–H and O–H groups in total. The lowest BCUT2D eigenvalue weighted by atomic mass is 10.1. The minimum atomic E-state index is -3.61. The molecule has 106 valence electrons. The first-order valence-corrected chi connectivity index (χ1v) is 8.02. The number of hydrogen-bond acceptors (Lipinski definition) is 3. The SMILES string of the molecule is CCCCC[C@@H](C=O)NS(=O)(=O)c1ccc(C)cc1. The lowest BCUT2D eigenvalue weighted by Crippen LogP contribution is -2.35. The molecule has 0 spiro atoms. The van der Waals surface area contributed by atoms with Crippen LogP contribution in [0.5, 0.6) is 0 Å². The lowest BCUT2D eigenvalue weighted by Gasteiger charge is -2.13. The Kier molecular flexibility index (Phi) is 6.18. The highest BCUT2D eigenvalue weighted by molar-refractivity contribution is 7.89. The third-order valence-electron chi connectivity index (χ3n) is 2.92. The lowest BCUT2D eigenvalue weighted by molar-refractivity contribution is -0.109. The summed E-state index contributed by atoms with van der Waals surface area (Å²) in [4.78, 5) is 11.1. The molecule has 0 unspecified atom stereocenters. The Hall–Kier alpha value is -1.20. The molecule has 19 heavy (non-hydrogen) atoms. The number of benzene rings is 1. The molecule has 0 heterocycles. The summed E-state index contributed by atoms with van der Waals surface area (Å²) in [5.74, 6) is 0. The zero-order valence-electron chi connectivity index (χ0n) is 11.4. The van der Waals surface area contributed by atoms with E-state index in [9.17, 15) is 13.2 Å². The number of nitrogens with one attached hydrogen (secondary N) is 1. The van der Waals surface area contributed by atoms with E-state index in [0.717, 1.165) is 24.8 Å². The van der Waals surface area contributed by atoms with E-state index in [1.165, 1.54) is 0 Å². The maximum Gasteiger partial charge on any atom is 0.241 e. The second-order valence-corrected chi connectivity index (χ2v) is 6.39. The first-order chi connectivity index (χ1) is 8.99. The van der Waals surface area contributed by atoms with Crippen molar-refractivity contribution < 1.29 is 13.2 Å². The number of sulfonamides is 1. The van der Waals surface area contributed by atoms with Crippen LogP contribution in [0.15, 0.2) is 29.2 Å². The van der Waals surface area contributed by atoms with Gasteiger partial charge in [-0.1, -0.05) is 43.9 Å².